The highest BCUT2D eigenvalue weighted by Crippen LogP contribution is 2.32. The van der Waals surface area contributed by atoms with Gasteiger partial charge in [0, 0.05) is 6.42 Å². The van der Waals surface area contributed by atoms with Crippen LogP contribution in [0.2, 0.25) is 0 Å². The number of hydrogen-bond acceptors (Lipinski definition) is 6. The van der Waals surface area contributed by atoms with Crippen molar-refractivity contribution in [2.75, 3.05) is 7.11 Å². The second kappa shape index (κ2) is 12.4. The number of halogens is 3. The zero-order chi connectivity index (χ0) is 26.9. The fourth-order valence-corrected chi connectivity index (χ4v) is 3.09. The predicted molar refractivity (Wildman–Crippen MR) is 124 cm³/mol. The topological polar surface area (TPSA) is 114 Å². The smallest absolute Gasteiger partial charge is 0.417 e. The monoisotopic (exact) mass is 510 g/mol. The van der Waals surface area contributed by atoms with Gasteiger partial charge in [-0.3, -0.25) is 9.59 Å². The van der Waals surface area contributed by atoms with Crippen molar-refractivity contribution >= 4 is 17.8 Å². The molecule has 0 saturated heterocycles. The predicted octanol–water partition coefficient (Wildman–Crippen LogP) is 2.67. The summed E-state index contributed by atoms with van der Waals surface area (Å²) in [6.07, 6.45) is -6.27. The van der Waals surface area contributed by atoms with E-state index in [0.29, 0.717) is 18.2 Å². The molecule has 0 aromatic heterocycles. The largest absolute Gasteiger partial charge is 0.497 e. The number of methoxy groups -OCH3 is 1. The van der Waals surface area contributed by atoms with Gasteiger partial charge in [-0.15, -0.1) is 0 Å². The van der Waals surface area contributed by atoms with Crippen molar-refractivity contribution < 1.29 is 42.1 Å². The molecule has 8 nitrogen and oxygen atoms in total. The van der Waals surface area contributed by atoms with Gasteiger partial charge in [0.1, 0.15) is 24.4 Å². The summed E-state index contributed by atoms with van der Waals surface area (Å²) in [6.45, 7) is 1.67. The van der Waals surface area contributed by atoms with Crippen LogP contribution in [0.1, 0.15) is 31.4 Å². The maximum atomic E-state index is 12.8. The first-order valence-corrected chi connectivity index (χ1v) is 11.0. The molecule has 0 aliphatic carbocycles. The number of carbonyl (C=O) groups is 3. The Morgan fingerprint density at radius 2 is 1.58 bits per heavy atom. The lowest BCUT2D eigenvalue weighted by Crippen LogP contribution is -2.53. The van der Waals surface area contributed by atoms with E-state index in [2.05, 4.69) is 10.6 Å². The van der Waals surface area contributed by atoms with Gasteiger partial charge in [-0.05, 0) is 37.1 Å². The molecule has 0 aliphatic heterocycles. The van der Waals surface area contributed by atoms with Crippen LogP contribution in [0.5, 0.6) is 5.75 Å². The van der Waals surface area contributed by atoms with Gasteiger partial charge in [0.25, 0.3) is 0 Å². The fourth-order valence-electron chi connectivity index (χ4n) is 3.09. The van der Waals surface area contributed by atoms with Crippen molar-refractivity contribution in [1.82, 2.24) is 10.6 Å². The Balaban J connectivity index is 2.07. The van der Waals surface area contributed by atoms with E-state index in [1.54, 1.807) is 48.5 Å². The zero-order valence-electron chi connectivity index (χ0n) is 20.1. The third-order valence-electron chi connectivity index (χ3n) is 5.31. The van der Waals surface area contributed by atoms with Crippen LogP contribution < -0.4 is 15.4 Å². The van der Waals surface area contributed by atoms with Crippen molar-refractivity contribution in [1.29, 1.82) is 0 Å². The Kier molecular flexibility index (Phi) is 9.85. The average molecular weight is 511 g/mol. The second-order valence-electron chi connectivity index (χ2n) is 8.44. The van der Waals surface area contributed by atoms with Crippen molar-refractivity contribution in [3.05, 3.63) is 65.7 Å². The number of amides is 2. The minimum Gasteiger partial charge on any atom is -0.497 e. The van der Waals surface area contributed by atoms with Crippen LogP contribution in [-0.2, 0) is 32.1 Å². The van der Waals surface area contributed by atoms with Crippen molar-refractivity contribution in [3.63, 3.8) is 0 Å². The minimum atomic E-state index is -5.03. The molecule has 3 atom stereocenters. The summed E-state index contributed by atoms with van der Waals surface area (Å²) in [7, 11) is 1.50. The van der Waals surface area contributed by atoms with Crippen LogP contribution in [0.4, 0.5) is 13.2 Å². The quantitative estimate of drug-likeness (QED) is 0.401. The van der Waals surface area contributed by atoms with E-state index in [9.17, 15) is 32.7 Å². The third-order valence-corrected chi connectivity index (χ3v) is 5.31. The first-order chi connectivity index (χ1) is 16.8. The van der Waals surface area contributed by atoms with Crippen LogP contribution >= 0.6 is 0 Å². The standard InChI is InChI=1S/C25H29F3N2O6/c1-16(29-21(31)14-24(2,34)25(26,27)28)22(32)30-20(13-17-9-11-19(35-3)12-10-17)23(33)36-15-18-7-5-4-6-8-18/h4-12,16,20,34H,13-15H2,1-3H3,(H,29,31)(H,30,32)/t16-,20+,24?/m1/s1. The van der Waals surface area contributed by atoms with Crippen molar-refractivity contribution in [2.24, 2.45) is 0 Å². The Morgan fingerprint density at radius 3 is 2.14 bits per heavy atom. The first kappa shape index (κ1) is 28.6. The van der Waals surface area contributed by atoms with Crippen molar-refractivity contribution in [3.8, 4) is 5.75 Å². The average Bonchev–Trinajstić information content (AvgIpc) is 2.82. The molecular formula is C25H29F3N2O6. The SMILES string of the molecule is COc1ccc(C[C@H](NC(=O)[C@@H](C)NC(=O)CC(C)(O)C(F)(F)F)C(=O)OCc2ccccc2)cc1. The number of benzene rings is 2. The number of hydrogen-bond donors (Lipinski definition) is 3. The molecule has 2 rings (SSSR count). The Morgan fingerprint density at radius 1 is 0.972 bits per heavy atom. The van der Waals surface area contributed by atoms with Crippen molar-refractivity contribution in [2.45, 2.75) is 57.2 Å². The Hall–Kier alpha value is -3.60. The van der Waals surface area contributed by atoms with E-state index in [1.807, 2.05) is 6.07 Å². The number of aliphatic hydroxyl groups is 1. The highest BCUT2D eigenvalue weighted by molar-refractivity contribution is 5.90. The molecular weight excluding hydrogens is 481 g/mol. The highest BCUT2D eigenvalue weighted by atomic mass is 19.4. The van der Waals surface area contributed by atoms with E-state index >= 15 is 0 Å². The summed E-state index contributed by atoms with van der Waals surface area (Å²) in [5, 5.41) is 14.1. The summed E-state index contributed by atoms with van der Waals surface area (Å²) in [4.78, 5) is 37.5. The van der Waals surface area contributed by atoms with Crippen LogP contribution in [-0.4, -0.2) is 53.9 Å². The molecule has 0 fully saturated rings. The number of esters is 1. The fraction of sp³-hybridized carbons (Fsp3) is 0.400. The maximum absolute atomic E-state index is 12.8. The first-order valence-electron chi connectivity index (χ1n) is 11.0. The Bertz CT molecular complexity index is 1030. The van der Waals surface area contributed by atoms with Gasteiger partial charge >= 0.3 is 12.1 Å². The van der Waals surface area contributed by atoms with Gasteiger partial charge in [-0.2, -0.15) is 13.2 Å². The normalized spacial score (nSPS) is 14.6. The molecule has 0 heterocycles. The molecule has 0 radical (unpaired) electrons. The number of carbonyl (C=O) groups excluding carboxylic acids is 3. The number of rotatable bonds is 11. The van der Waals surface area contributed by atoms with Crippen LogP contribution in [0.15, 0.2) is 54.6 Å². The van der Waals surface area contributed by atoms with E-state index in [-0.39, 0.29) is 13.0 Å². The molecule has 196 valence electrons. The molecule has 0 saturated carbocycles. The van der Waals surface area contributed by atoms with Gasteiger partial charge in [-0.25, -0.2) is 4.79 Å². The molecule has 2 amide bonds. The second-order valence-corrected chi connectivity index (χ2v) is 8.44. The maximum Gasteiger partial charge on any atom is 0.417 e. The van der Waals surface area contributed by atoms with Crippen LogP contribution in [0, 0.1) is 0 Å². The van der Waals surface area contributed by atoms with E-state index < -0.39 is 48.1 Å². The molecule has 0 bridgehead atoms. The summed E-state index contributed by atoms with van der Waals surface area (Å²) in [5.74, 6) is -2.14. The van der Waals surface area contributed by atoms with Crippen LogP contribution in [0.25, 0.3) is 0 Å². The summed E-state index contributed by atoms with van der Waals surface area (Å²) < 4.78 is 49.0. The van der Waals surface area contributed by atoms with E-state index in [1.165, 1.54) is 14.0 Å². The number of alkyl halides is 3. The van der Waals surface area contributed by atoms with Gasteiger partial charge in [-0.1, -0.05) is 42.5 Å². The lowest BCUT2D eigenvalue weighted by atomic mass is 10.0. The van der Waals surface area contributed by atoms with E-state index in [4.69, 9.17) is 9.47 Å². The van der Waals surface area contributed by atoms with Crippen LogP contribution in [0.3, 0.4) is 0 Å². The molecule has 3 N–H and O–H groups in total. The van der Waals surface area contributed by atoms with Gasteiger partial charge < -0.3 is 25.2 Å². The third kappa shape index (κ3) is 8.56. The number of ether oxygens (including phenoxy) is 2. The van der Waals surface area contributed by atoms with Gasteiger partial charge in [0.15, 0.2) is 5.60 Å². The molecule has 0 spiro atoms. The number of nitrogens with one attached hydrogen (secondary N) is 2. The molecule has 0 aliphatic rings. The minimum absolute atomic E-state index is 0.0343. The lowest BCUT2D eigenvalue weighted by Gasteiger charge is -2.26. The molecule has 36 heavy (non-hydrogen) atoms. The van der Waals surface area contributed by atoms with E-state index in [0.717, 1.165) is 5.56 Å². The summed E-state index contributed by atoms with van der Waals surface area (Å²) in [6, 6.07) is 13.2. The summed E-state index contributed by atoms with van der Waals surface area (Å²) >= 11 is 0. The molecule has 2 aromatic rings. The van der Waals surface area contributed by atoms with Gasteiger partial charge in [0.2, 0.25) is 11.8 Å². The highest BCUT2D eigenvalue weighted by Gasteiger charge is 2.51. The molecule has 1 unspecified atom stereocenters. The lowest BCUT2D eigenvalue weighted by molar-refractivity contribution is -0.253. The zero-order valence-corrected chi connectivity index (χ0v) is 20.1. The Labute approximate surface area is 206 Å². The molecule has 11 heteroatoms. The summed E-state index contributed by atoms with van der Waals surface area (Å²) in [5.41, 5.74) is -1.85. The van der Waals surface area contributed by atoms with Gasteiger partial charge in [0.05, 0.1) is 13.5 Å². The molecule has 2 aromatic carbocycles.